The van der Waals surface area contributed by atoms with Gasteiger partial charge in [0.05, 0.1) is 7.11 Å². The zero-order valence-corrected chi connectivity index (χ0v) is 7.42. The molecule has 0 aliphatic heterocycles. The van der Waals surface area contributed by atoms with Crippen LogP contribution in [0.15, 0.2) is 6.07 Å². The molecule has 0 unspecified atom stereocenters. The van der Waals surface area contributed by atoms with Crippen molar-refractivity contribution in [2.24, 2.45) is 0 Å². The molecule has 1 heterocycles. The topological polar surface area (TPSA) is 39.2 Å². The van der Waals surface area contributed by atoms with E-state index in [-0.39, 0.29) is 0 Å². The van der Waals surface area contributed by atoms with Crippen molar-refractivity contribution in [2.45, 2.75) is 13.8 Å². The molecule has 1 aromatic heterocycles. The summed E-state index contributed by atoms with van der Waals surface area (Å²) < 4.78 is 4.98. The van der Waals surface area contributed by atoms with Gasteiger partial charge in [0.15, 0.2) is 6.29 Å². The number of carbonyl (C=O) groups is 1. The van der Waals surface area contributed by atoms with Crippen molar-refractivity contribution in [1.82, 2.24) is 4.98 Å². The summed E-state index contributed by atoms with van der Waals surface area (Å²) in [4.78, 5) is 14.6. The summed E-state index contributed by atoms with van der Waals surface area (Å²) in [6.45, 7) is 3.79. The number of nitrogens with zero attached hydrogens (tertiary/aromatic N) is 1. The maximum atomic E-state index is 10.5. The molecule has 0 radical (unpaired) electrons. The van der Waals surface area contributed by atoms with Crippen LogP contribution in [-0.2, 0) is 0 Å². The van der Waals surface area contributed by atoms with E-state index in [1.165, 1.54) is 7.11 Å². The summed E-state index contributed by atoms with van der Waals surface area (Å²) in [7, 11) is 1.53. The van der Waals surface area contributed by atoms with E-state index in [2.05, 4.69) is 4.98 Å². The normalized spacial score (nSPS) is 9.58. The lowest BCUT2D eigenvalue weighted by atomic mass is 10.2. The van der Waals surface area contributed by atoms with Gasteiger partial charge in [0.2, 0.25) is 0 Å². The fraction of sp³-hybridized carbons (Fsp3) is 0.333. The Morgan fingerprint density at radius 1 is 1.50 bits per heavy atom. The maximum Gasteiger partial charge on any atom is 0.172 e. The molecule has 1 aromatic rings. The first kappa shape index (κ1) is 8.71. The average molecular weight is 165 g/mol. The lowest BCUT2D eigenvalue weighted by Gasteiger charge is -2.05. The molecule has 64 valence electrons. The minimum absolute atomic E-state index is 0.362. The summed E-state index contributed by atoms with van der Waals surface area (Å²) in [6.07, 6.45) is 0.700. The molecule has 0 aliphatic rings. The standard InChI is InChI=1S/C9H11NO2/c1-6-4-9(12-3)8(5-11)10-7(6)2/h4-5H,1-3H3. The number of rotatable bonds is 2. The molecule has 3 nitrogen and oxygen atoms in total. The molecule has 0 aromatic carbocycles. The van der Waals surface area contributed by atoms with Gasteiger partial charge in [-0.2, -0.15) is 0 Å². The molecule has 0 N–H and O–H groups in total. The first-order valence-corrected chi connectivity index (χ1v) is 3.66. The predicted octanol–water partition coefficient (Wildman–Crippen LogP) is 1.52. The smallest absolute Gasteiger partial charge is 0.172 e. The van der Waals surface area contributed by atoms with E-state index in [9.17, 15) is 4.79 Å². The van der Waals surface area contributed by atoms with E-state index in [4.69, 9.17) is 4.74 Å². The second-order valence-electron chi connectivity index (χ2n) is 2.60. The van der Waals surface area contributed by atoms with Gasteiger partial charge in [-0.3, -0.25) is 4.79 Å². The molecule has 0 spiro atoms. The number of hydrogen-bond donors (Lipinski definition) is 0. The summed E-state index contributed by atoms with van der Waals surface area (Å²) >= 11 is 0. The highest BCUT2D eigenvalue weighted by atomic mass is 16.5. The molecule has 0 aliphatic carbocycles. The van der Waals surface area contributed by atoms with E-state index in [0.717, 1.165) is 11.3 Å². The lowest BCUT2D eigenvalue weighted by Crippen LogP contribution is -1.98. The van der Waals surface area contributed by atoms with Gasteiger partial charge in [-0.25, -0.2) is 4.98 Å². The number of aromatic nitrogens is 1. The second kappa shape index (κ2) is 3.34. The summed E-state index contributed by atoms with van der Waals surface area (Å²) in [5.41, 5.74) is 2.25. The van der Waals surface area contributed by atoms with Crippen LogP contribution >= 0.6 is 0 Å². The van der Waals surface area contributed by atoms with E-state index in [0.29, 0.717) is 17.7 Å². The highest BCUT2D eigenvalue weighted by Crippen LogP contribution is 2.17. The largest absolute Gasteiger partial charge is 0.494 e. The Kier molecular flexibility index (Phi) is 2.43. The van der Waals surface area contributed by atoms with E-state index in [1.807, 2.05) is 19.9 Å². The van der Waals surface area contributed by atoms with Gasteiger partial charge in [-0.1, -0.05) is 0 Å². The van der Waals surface area contributed by atoms with Crippen molar-refractivity contribution in [3.05, 3.63) is 23.0 Å². The Hall–Kier alpha value is -1.38. The van der Waals surface area contributed by atoms with E-state index >= 15 is 0 Å². The molecule has 0 amide bonds. The van der Waals surface area contributed by atoms with Crippen LogP contribution in [0.4, 0.5) is 0 Å². The van der Waals surface area contributed by atoms with Gasteiger partial charge in [-0.15, -0.1) is 0 Å². The van der Waals surface area contributed by atoms with Crippen molar-refractivity contribution in [2.75, 3.05) is 7.11 Å². The molecule has 0 saturated carbocycles. The highest BCUT2D eigenvalue weighted by Gasteiger charge is 2.05. The van der Waals surface area contributed by atoms with Crippen LogP contribution in [-0.4, -0.2) is 18.4 Å². The SMILES string of the molecule is COc1cc(C)c(C)nc1C=O. The number of aldehydes is 1. The van der Waals surface area contributed by atoms with Crippen LogP contribution in [0.2, 0.25) is 0 Å². The van der Waals surface area contributed by atoms with Crippen molar-refractivity contribution < 1.29 is 9.53 Å². The zero-order chi connectivity index (χ0) is 9.14. The highest BCUT2D eigenvalue weighted by molar-refractivity contribution is 5.76. The number of ether oxygens (including phenoxy) is 1. The molecule has 0 atom stereocenters. The summed E-state index contributed by atoms with van der Waals surface area (Å²) in [5.74, 6) is 0.535. The number of methoxy groups -OCH3 is 1. The van der Waals surface area contributed by atoms with E-state index in [1.54, 1.807) is 0 Å². The summed E-state index contributed by atoms with van der Waals surface area (Å²) in [5, 5.41) is 0. The van der Waals surface area contributed by atoms with Gasteiger partial charge in [0.1, 0.15) is 11.4 Å². The van der Waals surface area contributed by atoms with E-state index < -0.39 is 0 Å². The van der Waals surface area contributed by atoms with Gasteiger partial charge in [0, 0.05) is 5.69 Å². The number of carbonyl (C=O) groups excluding carboxylic acids is 1. The second-order valence-corrected chi connectivity index (χ2v) is 2.60. The number of aryl methyl sites for hydroxylation is 2. The average Bonchev–Trinajstić information content (AvgIpc) is 2.09. The Balaban J connectivity index is 3.28. The molecule has 12 heavy (non-hydrogen) atoms. The van der Waals surface area contributed by atoms with Crippen LogP contribution < -0.4 is 4.74 Å². The van der Waals surface area contributed by atoms with Gasteiger partial charge < -0.3 is 4.74 Å². The van der Waals surface area contributed by atoms with Crippen LogP contribution in [0.3, 0.4) is 0 Å². The first-order valence-electron chi connectivity index (χ1n) is 3.66. The van der Waals surface area contributed by atoms with Gasteiger partial charge >= 0.3 is 0 Å². The third-order valence-corrected chi connectivity index (χ3v) is 1.79. The molecule has 0 bridgehead atoms. The Morgan fingerprint density at radius 2 is 2.17 bits per heavy atom. The molecule has 0 fully saturated rings. The minimum atomic E-state index is 0.362. The van der Waals surface area contributed by atoms with Crippen molar-refractivity contribution in [1.29, 1.82) is 0 Å². The van der Waals surface area contributed by atoms with Crippen LogP contribution in [0.5, 0.6) is 5.75 Å². The number of pyridine rings is 1. The lowest BCUT2D eigenvalue weighted by molar-refractivity contribution is 0.111. The summed E-state index contributed by atoms with van der Waals surface area (Å²) in [6, 6.07) is 1.81. The molecular formula is C9H11NO2. The van der Waals surface area contributed by atoms with Crippen LogP contribution in [0, 0.1) is 13.8 Å². The third-order valence-electron chi connectivity index (χ3n) is 1.79. The quantitative estimate of drug-likeness (QED) is 0.624. The molecule has 3 heteroatoms. The fourth-order valence-corrected chi connectivity index (χ4v) is 0.947. The predicted molar refractivity (Wildman–Crippen MR) is 45.7 cm³/mol. The maximum absolute atomic E-state index is 10.5. The van der Waals surface area contributed by atoms with Gasteiger partial charge in [-0.05, 0) is 25.5 Å². The zero-order valence-electron chi connectivity index (χ0n) is 7.42. The molecule has 0 saturated heterocycles. The van der Waals surface area contributed by atoms with Crippen molar-refractivity contribution in [3.63, 3.8) is 0 Å². The Bertz CT molecular complexity index is 308. The molecule has 1 rings (SSSR count). The third kappa shape index (κ3) is 1.44. The Morgan fingerprint density at radius 3 is 2.67 bits per heavy atom. The Labute approximate surface area is 71.4 Å². The van der Waals surface area contributed by atoms with Crippen LogP contribution in [0.25, 0.3) is 0 Å². The fourth-order valence-electron chi connectivity index (χ4n) is 0.947. The number of hydrogen-bond acceptors (Lipinski definition) is 3. The minimum Gasteiger partial charge on any atom is -0.494 e. The first-order chi connectivity index (χ1) is 5.69. The monoisotopic (exact) mass is 165 g/mol. The van der Waals surface area contributed by atoms with Crippen molar-refractivity contribution >= 4 is 6.29 Å². The van der Waals surface area contributed by atoms with Crippen LogP contribution in [0.1, 0.15) is 21.7 Å². The molecular weight excluding hydrogens is 154 g/mol. The van der Waals surface area contributed by atoms with Crippen molar-refractivity contribution in [3.8, 4) is 5.75 Å². The van der Waals surface area contributed by atoms with Gasteiger partial charge in [0.25, 0.3) is 0 Å².